The summed E-state index contributed by atoms with van der Waals surface area (Å²) >= 11 is 1.72. The van der Waals surface area contributed by atoms with Crippen LogP contribution in [0.1, 0.15) is 48.7 Å². The molecule has 0 radical (unpaired) electrons. The maximum atomic E-state index is 10.1. The predicted octanol–water partition coefficient (Wildman–Crippen LogP) is 4.69. The first-order valence-corrected chi connectivity index (χ1v) is 9.03. The van der Waals surface area contributed by atoms with Gasteiger partial charge in [0, 0.05) is 17.5 Å². The van der Waals surface area contributed by atoms with E-state index in [4.69, 9.17) is 4.74 Å². The van der Waals surface area contributed by atoms with Crippen LogP contribution in [0.15, 0.2) is 35.7 Å². The molecule has 0 aliphatic heterocycles. The Morgan fingerprint density at radius 3 is 2.54 bits per heavy atom. The van der Waals surface area contributed by atoms with Gasteiger partial charge in [0.25, 0.3) is 0 Å². The highest BCUT2D eigenvalue weighted by Crippen LogP contribution is 2.23. The molecule has 2 atom stereocenters. The summed E-state index contributed by atoms with van der Waals surface area (Å²) in [5, 5.41) is 15.5. The molecule has 5 heteroatoms. The molecule has 0 aliphatic carbocycles. The van der Waals surface area contributed by atoms with Crippen molar-refractivity contribution in [1.29, 1.82) is 0 Å². The number of aliphatic hydroxyl groups excluding tert-OH is 1. The van der Waals surface area contributed by atoms with Crippen LogP contribution in [0.25, 0.3) is 0 Å². The molecule has 2 N–H and O–H groups in total. The summed E-state index contributed by atoms with van der Waals surface area (Å²) in [6, 6.07) is 10.5. The van der Waals surface area contributed by atoms with Crippen LogP contribution in [0.3, 0.4) is 0 Å². The summed E-state index contributed by atoms with van der Waals surface area (Å²) in [5.41, 5.74) is 2.57. The van der Waals surface area contributed by atoms with Crippen molar-refractivity contribution in [3.8, 4) is 5.75 Å². The lowest BCUT2D eigenvalue weighted by atomic mass is 9.98. The van der Waals surface area contributed by atoms with E-state index in [-0.39, 0.29) is 18.4 Å². The van der Waals surface area contributed by atoms with Crippen molar-refractivity contribution in [3.05, 3.63) is 51.7 Å². The molecule has 0 amide bonds. The van der Waals surface area contributed by atoms with Crippen molar-refractivity contribution in [2.75, 3.05) is 13.2 Å². The van der Waals surface area contributed by atoms with Gasteiger partial charge in [0.15, 0.2) is 0 Å². The normalized spacial score (nSPS) is 13.4. The molecule has 0 fully saturated rings. The molecule has 2 unspecified atom stereocenters. The van der Waals surface area contributed by atoms with Gasteiger partial charge in [0.2, 0.25) is 0 Å². The molecule has 134 valence electrons. The molecule has 0 saturated heterocycles. The van der Waals surface area contributed by atoms with Gasteiger partial charge < -0.3 is 15.2 Å². The zero-order valence-corrected chi connectivity index (χ0v) is 16.4. The van der Waals surface area contributed by atoms with E-state index in [0.717, 1.165) is 5.75 Å². The van der Waals surface area contributed by atoms with Crippen LogP contribution in [-0.4, -0.2) is 24.4 Å². The highest BCUT2D eigenvalue weighted by molar-refractivity contribution is 7.10. The highest BCUT2D eigenvalue weighted by Gasteiger charge is 2.11. The van der Waals surface area contributed by atoms with Crippen molar-refractivity contribution in [3.63, 3.8) is 0 Å². The molecule has 1 heterocycles. The van der Waals surface area contributed by atoms with E-state index in [1.807, 2.05) is 18.2 Å². The second-order valence-electron chi connectivity index (χ2n) is 6.28. The largest absolute Gasteiger partial charge is 0.491 e. The SMILES string of the molecule is Cc1cc(OCC(O)CNC(C)c2cccs2)ccc1C(C)C.Cl. The summed E-state index contributed by atoms with van der Waals surface area (Å²) in [5.74, 6) is 1.33. The van der Waals surface area contributed by atoms with E-state index in [1.165, 1.54) is 16.0 Å². The van der Waals surface area contributed by atoms with Gasteiger partial charge in [-0.25, -0.2) is 0 Å². The van der Waals surface area contributed by atoms with Crippen LogP contribution in [0.5, 0.6) is 5.75 Å². The van der Waals surface area contributed by atoms with E-state index in [2.05, 4.69) is 50.5 Å². The predicted molar refractivity (Wildman–Crippen MR) is 105 cm³/mol. The second kappa shape index (κ2) is 10.0. The maximum absolute atomic E-state index is 10.1. The number of aliphatic hydroxyl groups is 1. The summed E-state index contributed by atoms with van der Waals surface area (Å²) in [6.07, 6.45) is -0.525. The van der Waals surface area contributed by atoms with Gasteiger partial charge >= 0.3 is 0 Å². The Bertz CT molecular complexity index is 601. The minimum absolute atomic E-state index is 0. The molecular weight excluding hydrogens is 342 g/mol. The number of thiophene rings is 1. The van der Waals surface area contributed by atoms with Gasteiger partial charge in [-0.15, -0.1) is 23.7 Å². The summed E-state index contributed by atoms with van der Waals surface area (Å²) in [7, 11) is 0. The Morgan fingerprint density at radius 2 is 1.96 bits per heavy atom. The molecule has 2 rings (SSSR count). The summed E-state index contributed by atoms with van der Waals surface area (Å²) in [4.78, 5) is 1.28. The fraction of sp³-hybridized carbons (Fsp3) is 0.474. The van der Waals surface area contributed by atoms with Gasteiger partial charge in [-0.3, -0.25) is 0 Å². The molecule has 3 nitrogen and oxygen atoms in total. The van der Waals surface area contributed by atoms with E-state index in [0.29, 0.717) is 19.1 Å². The molecule has 1 aromatic carbocycles. The monoisotopic (exact) mass is 369 g/mol. The molecule has 0 spiro atoms. The molecule has 2 aromatic rings. The Balaban J connectivity index is 0.00000288. The van der Waals surface area contributed by atoms with Crippen molar-refractivity contribution < 1.29 is 9.84 Å². The van der Waals surface area contributed by atoms with E-state index in [9.17, 15) is 5.11 Å². The smallest absolute Gasteiger partial charge is 0.119 e. The Kier molecular flexibility index (Phi) is 8.78. The number of halogens is 1. The van der Waals surface area contributed by atoms with Crippen molar-refractivity contribution >= 4 is 23.7 Å². The number of nitrogens with one attached hydrogen (secondary N) is 1. The fourth-order valence-electron chi connectivity index (χ4n) is 2.59. The van der Waals surface area contributed by atoms with Crippen LogP contribution in [0.4, 0.5) is 0 Å². The third-order valence-corrected chi connectivity index (χ3v) is 4.99. The summed E-state index contributed by atoms with van der Waals surface area (Å²) < 4.78 is 5.72. The number of hydrogen-bond donors (Lipinski definition) is 2. The zero-order chi connectivity index (χ0) is 16.8. The lowest BCUT2D eigenvalue weighted by Crippen LogP contribution is -2.32. The molecule has 0 aliphatic rings. The van der Waals surface area contributed by atoms with Gasteiger partial charge in [-0.1, -0.05) is 26.0 Å². The minimum Gasteiger partial charge on any atom is -0.491 e. The van der Waals surface area contributed by atoms with Crippen molar-refractivity contribution in [2.24, 2.45) is 0 Å². The number of hydrogen-bond acceptors (Lipinski definition) is 4. The lowest BCUT2D eigenvalue weighted by molar-refractivity contribution is 0.104. The van der Waals surface area contributed by atoms with Crippen LogP contribution in [0.2, 0.25) is 0 Å². The Labute approximate surface area is 155 Å². The third kappa shape index (κ3) is 6.10. The Hall–Kier alpha value is -1.07. The molecular formula is C19H28ClNO2S. The summed E-state index contributed by atoms with van der Waals surface area (Å²) in [6.45, 7) is 9.39. The maximum Gasteiger partial charge on any atom is 0.119 e. The molecule has 24 heavy (non-hydrogen) atoms. The van der Waals surface area contributed by atoms with Gasteiger partial charge in [0.1, 0.15) is 18.5 Å². The first kappa shape index (κ1) is 21.0. The van der Waals surface area contributed by atoms with Crippen LogP contribution < -0.4 is 10.1 Å². The minimum atomic E-state index is -0.525. The number of ether oxygens (including phenoxy) is 1. The average Bonchev–Trinajstić information content (AvgIpc) is 3.04. The number of aryl methyl sites for hydroxylation is 1. The zero-order valence-electron chi connectivity index (χ0n) is 14.8. The lowest BCUT2D eigenvalue weighted by Gasteiger charge is -2.17. The van der Waals surface area contributed by atoms with Crippen molar-refractivity contribution in [2.45, 2.75) is 45.8 Å². The van der Waals surface area contributed by atoms with E-state index >= 15 is 0 Å². The Morgan fingerprint density at radius 1 is 1.21 bits per heavy atom. The second-order valence-corrected chi connectivity index (χ2v) is 7.26. The fourth-order valence-corrected chi connectivity index (χ4v) is 3.35. The van der Waals surface area contributed by atoms with Gasteiger partial charge in [0.05, 0.1) is 0 Å². The molecule has 0 bridgehead atoms. The quantitative estimate of drug-likeness (QED) is 0.709. The van der Waals surface area contributed by atoms with Crippen LogP contribution in [0, 0.1) is 6.92 Å². The molecule has 0 saturated carbocycles. The average molecular weight is 370 g/mol. The number of rotatable bonds is 8. The van der Waals surface area contributed by atoms with Gasteiger partial charge in [-0.2, -0.15) is 0 Å². The topological polar surface area (TPSA) is 41.5 Å². The van der Waals surface area contributed by atoms with Crippen molar-refractivity contribution in [1.82, 2.24) is 5.32 Å². The standard InChI is InChI=1S/C19H27NO2S.ClH/c1-13(2)18-8-7-17(10-14(18)3)22-12-16(21)11-20-15(4)19-6-5-9-23-19;/h5-10,13,15-16,20-21H,11-12H2,1-4H3;1H. The number of benzene rings is 1. The highest BCUT2D eigenvalue weighted by atomic mass is 35.5. The third-order valence-electron chi connectivity index (χ3n) is 3.94. The first-order chi connectivity index (χ1) is 11.0. The van der Waals surface area contributed by atoms with E-state index < -0.39 is 6.10 Å². The van der Waals surface area contributed by atoms with E-state index in [1.54, 1.807) is 11.3 Å². The first-order valence-electron chi connectivity index (χ1n) is 8.15. The van der Waals surface area contributed by atoms with Crippen LogP contribution >= 0.6 is 23.7 Å². The van der Waals surface area contributed by atoms with Gasteiger partial charge in [-0.05, 0) is 54.5 Å². The van der Waals surface area contributed by atoms with Crippen LogP contribution in [-0.2, 0) is 0 Å². The molecule has 1 aromatic heterocycles.